The summed E-state index contributed by atoms with van der Waals surface area (Å²) in [5.74, 6) is -1.58. The zero-order chi connectivity index (χ0) is 24.0. The Bertz CT molecular complexity index is 874. The van der Waals surface area contributed by atoms with Gasteiger partial charge in [0.05, 0.1) is 5.71 Å². The van der Waals surface area contributed by atoms with E-state index in [2.05, 4.69) is 38.2 Å². The standard InChI is InChI=1S/C19H21N3O4.C5H12/c1-12(13-5-7-14(8-6-13)18(26)19(2,3)4)20-21-15(23)11-22-16(24)9-10-17(22)25;1-5(2,3)4/h5-10H,11H2,1-4H3,(H,21,23);1-4H3/b20-12+;. The van der Waals surface area contributed by atoms with Crippen LogP contribution in [0.3, 0.4) is 0 Å². The van der Waals surface area contributed by atoms with E-state index in [1.165, 1.54) is 0 Å². The van der Waals surface area contributed by atoms with E-state index in [1.54, 1.807) is 31.2 Å². The number of carbonyl (C=O) groups excluding carboxylic acids is 4. The molecule has 0 bridgehead atoms. The molecule has 0 radical (unpaired) electrons. The van der Waals surface area contributed by atoms with Gasteiger partial charge in [-0.15, -0.1) is 0 Å². The number of nitrogens with one attached hydrogen (secondary N) is 1. The molecule has 31 heavy (non-hydrogen) atoms. The summed E-state index contributed by atoms with van der Waals surface area (Å²) in [5.41, 5.74) is 4.24. The average Bonchev–Trinajstić information content (AvgIpc) is 2.95. The molecule has 0 saturated carbocycles. The fourth-order valence-corrected chi connectivity index (χ4v) is 2.27. The molecule has 0 aromatic heterocycles. The maximum Gasteiger partial charge on any atom is 0.260 e. The van der Waals surface area contributed by atoms with Gasteiger partial charge >= 0.3 is 0 Å². The van der Waals surface area contributed by atoms with Crippen LogP contribution in [0.1, 0.15) is 71.3 Å². The van der Waals surface area contributed by atoms with Gasteiger partial charge in [-0.25, -0.2) is 5.43 Å². The van der Waals surface area contributed by atoms with Crippen molar-refractivity contribution in [2.75, 3.05) is 6.54 Å². The number of hydrogen-bond donors (Lipinski definition) is 1. The van der Waals surface area contributed by atoms with Crippen molar-refractivity contribution in [1.29, 1.82) is 0 Å². The van der Waals surface area contributed by atoms with Crippen molar-refractivity contribution in [1.82, 2.24) is 10.3 Å². The zero-order valence-electron chi connectivity index (χ0n) is 19.7. The largest absolute Gasteiger partial charge is 0.294 e. The molecule has 1 aromatic carbocycles. The number of benzene rings is 1. The van der Waals surface area contributed by atoms with Crippen molar-refractivity contribution in [2.24, 2.45) is 15.9 Å². The lowest BCUT2D eigenvalue weighted by Gasteiger charge is -2.16. The Balaban J connectivity index is 0.000000861. The first-order valence-corrected chi connectivity index (χ1v) is 10.1. The van der Waals surface area contributed by atoms with Crippen molar-refractivity contribution in [2.45, 2.75) is 55.4 Å². The molecule has 1 heterocycles. The highest BCUT2D eigenvalue weighted by Gasteiger charge is 2.25. The van der Waals surface area contributed by atoms with Gasteiger partial charge in [0.2, 0.25) is 0 Å². The quantitative estimate of drug-likeness (QED) is 0.335. The molecule has 1 aromatic rings. The van der Waals surface area contributed by atoms with E-state index in [4.69, 9.17) is 0 Å². The second-order valence-corrected chi connectivity index (χ2v) is 9.98. The molecule has 0 spiro atoms. The summed E-state index contributed by atoms with van der Waals surface area (Å²) in [6, 6.07) is 6.94. The molecule has 7 nitrogen and oxygen atoms in total. The van der Waals surface area contributed by atoms with E-state index >= 15 is 0 Å². The lowest BCUT2D eigenvalue weighted by molar-refractivity contribution is -0.141. The Kier molecular flexibility index (Phi) is 8.61. The zero-order valence-corrected chi connectivity index (χ0v) is 19.7. The van der Waals surface area contributed by atoms with Gasteiger partial charge in [-0.05, 0) is 17.9 Å². The molecular weight excluding hydrogens is 394 g/mol. The Morgan fingerprint density at radius 3 is 1.71 bits per heavy atom. The van der Waals surface area contributed by atoms with Crippen LogP contribution >= 0.6 is 0 Å². The van der Waals surface area contributed by atoms with Crippen molar-refractivity contribution >= 4 is 29.2 Å². The summed E-state index contributed by atoms with van der Waals surface area (Å²) < 4.78 is 0. The third kappa shape index (κ3) is 9.07. The van der Waals surface area contributed by atoms with Crippen LogP contribution in [0.2, 0.25) is 0 Å². The summed E-state index contributed by atoms with van der Waals surface area (Å²) >= 11 is 0. The van der Waals surface area contributed by atoms with Crippen molar-refractivity contribution in [3.63, 3.8) is 0 Å². The molecular formula is C24H33N3O4. The number of carbonyl (C=O) groups is 4. The third-order valence-electron chi connectivity index (χ3n) is 3.80. The molecule has 1 aliphatic heterocycles. The number of ketones is 1. The van der Waals surface area contributed by atoms with Crippen LogP contribution in [0.5, 0.6) is 0 Å². The number of Topliss-reactive ketones (excluding diaryl/α,β-unsaturated/α-hetero) is 1. The van der Waals surface area contributed by atoms with Crippen LogP contribution in [0.15, 0.2) is 41.5 Å². The van der Waals surface area contributed by atoms with Gasteiger partial charge in [-0.2, -0.15) is 5.10 Å². The maximum atomic E-state index is 12.2. The van der Waals surface area contributed by atoms with Crippen molar-refractivity contribution in [3.05, 3.63) is 47.5 Å². The van der Waals surface area contributed by atoms with E-state index in [1.807, 2.05) is 20.8 Å². The number of hydrogen-bond acceptors (Lipinski definition) is 5. The number of nitrogens with zero attached hydrogens (tertiary/aromatic N) is 2. The molecule has 2 rings (SSSR count). The topological polar surface area (TPSA) is 95.9 Å². The maximum absolute atomic E-state index is 12.2. The van der Waals surface area contributed by atoms with Crippen LogP contribution in [-0.4, -0.2) is 40.7 Å². The van der Waals surface area contributed by atoms with E-state index < -0.39 is 23.1 Å². The summed E-state index contributed by atoms with van der Waals surface area (Å²) in [5, 5.41) is 3.97. The van der Waals surface area contributed by atoms with Gasteiger partial charge in [0.1, 0.15) is 6.54 Å². The van der Waals surface area contributed by atoms with Crippen molar-refractivity contribution < 1.29 is 19.2 Å². The van der Waals surface area contributed by atoms with Gasteiger partial charge in [0, 0.05) is 23.1 Å². The third-order valence-corrected chi connectivity index (χ3v) is 3.80. The summed E-state index contributed by atoms with van der Waals surface area (Å²) in [6.07, 6.45) is 2.23. The van der Waals surface area contributed by atoms with Gasteiger partial charge < -0.3 is 0 Å². The van der Waals surface area contributed by atoms with E-state index in [0.717, 1.165) is 22.6 Å². The minimum Gasteiger partial charge on any atom is -0.294 e. The summed E-state index contributed by atoms with van der Waals surface area (Å²) in [6.45, 7) is 15.6. The second kappa shape index (κ2) is 10.3. The molecule has 0 saturated heterocycles. The first kappa shape index (κ1) is 25.9. The molecule has 1 N–H and O–H groups in total. The molecule has 0 aliphatic carbocycles. The second-order valence-electron chi connectivity index (χ2n) is 9.98. The van der Waals surface area contributed by atoms with Crippen LogP contribution in [-0.2, 0) is 14.4 Å². The summed E-state index contributed by atoms with van der Waals surface area (Å²) in [4.78, 5) is 47.7. The van der Waals surface area contributed by atoms with E-state index in [9.17, 15) is 19.2 Å². The minimum absolute atomic E-state index is 0.0421. The normalized spacial score (nSPS) is 14.3. The predicted molar refractivity (Wildman–Crippen MR) is 122 cm³/mol. The smallest absolute Gasteiger partial charge is 0.260 e. The number of imide groups is 1. The van der Waals surface area contributed by atoms with Crippen LogP contribution in [0.25, 0.3) is 0 Å². The number of amides is 3. The highest BCUT2D eigenvalue weighted by molar-refractivity contribution is 6.14. The lowest BCUT2D eigenvalue weighted by Crippen LogP contribution is -2.39. The van der Waals surface area contributed by atoms with Gasteiger partial charge in [0.15, 0.2) is 5.78 Å². The molecule has 168 valence electrons. The van der Waals surface area contributed by atoms with E-state index in [-0.39, 0.29) is 12.3 Å². The highest BCUT2D eigenvalue weighted by atomic mass is 16.2. The van der Waals surface area contributed by atoms with Crippen LogP contribution < -0.4 is 5.43 Å². The molecule has 0 unspecified atom stereocenters. The van der Waals surface area contributed by atoms with Gasteiger partial charge in [0.25, 0.3) is 17.7 Å². The average molecular weight is 428 g/mol. The number of rotatable bonds is 5. The van der Waals surface area contributed by atoms with Crippen LogP contribution in [0, 0.1) is 10.8 Å². The Morgan fingerprint density at radius 1 is 0.871 bits per heavy atom. The molecule has 1 aliphatic rings. The van der Waals surface area contributed by atoms with Crippen LogP contribution in [0.4, 0.5) is 0 Å². The Morgan fingerprint density at radius 2 is 1.29 bits per heavy atom. The van der Waals surface area contributed by atoms with E-state index in [0.29, 0.717) is 16.7 Å². The SMILES string of the molecule is C/C(=N\NC(=O)CN1C(=O)C=CC1=O)c1ccc(C(=O)C(C)(C)C)cc1.CC(C)(C)C. The lowest BCUT2D eigenvalue weighted by atomic mass is 9.86. The molecule has 0 fully saturated rings. The van der Waals surface area contributed by atoms with Gasteiger partial charge in [-0.3, -0.25) is 24.1 Å². The highest BCUT2D eigenvalue weighted by Crippen LogP contribution is 2.21. The first-order chi connectivity index (χ1) is 14.1. The van der Waals surface area contributed by atoms with Gasteiger partial charge in [-0.1, -0.05) is 72.7 Å². The summed E-state index contributed by atoms with van der Waals surface area (Å²) in [7, 11) is 0. The fourth-order valence-electron chi connectivity index (χ4n) is 2.27. The molecule has 0 atom stereocenters. The molecule has 7 heteroatoms. The fraction of sp³-hybridized carbons (Fsp3) is 0.458. The first-order valence-electron chi connectivity index (χ1n) is 10.1. The van der Waals surface area contributed by atoms with Crippen molar-refractivity contribution in [3.8, 4) is 0 Å². The molecule has 3 amide bonds. The predicted octanol–water partition coefficient (Wildman–Crippen LogP) is 3.73. The monoisotopic (exact) mass is 427 g/mol. The minimum atomic E-state index is -0.575. The number of hydrazone groups is 1. The Hall–Kier alpha value is -3.09. The Labute approximate surface area is 184 Å².